The third-order valence-electron chi connectivity index (χ3n) is 3.86. The van der Waals surface area contributed by atoms with Crippen molar-refractivity contribution in [3.63, 3.8) is 0 Å². The number of carbonyl (C=O) groups is 1. The lowest BCUT2D eigenvalue weighted by atomic mass is 10.0. The third kappa shape index (κ3) is 6.48. The van der Waals surface area contributed by atoms with Crippen molar-refractivity contribution >= 4 is 5.97 Å². The SMILES string of the molecule is C=CCN([C@@H](C)c1ccccc1)[C@@H](/C=C/C)[C@H](O)C(=O)OC(C)(C)C. The first-order chi connectivity index (χ1) is 11.7. The zero-order valence-corrected chi connectivity index (χ0v) is 16.0. The lowest BCUT2D eigenvalue weighted by Gasteiger charge is -2.37. The molecule has 1 N–H and O–H groups in total. The molecular weight excluding hydrogens is 314 g/mol. The molecule has 25 heavy (non-hydrogen) atoms. The van der Waals surface area contributed by atoms with Crippen LogP contribution in [0, 0.1) is 0 Å². The quantitative estimate of drug-likeness (QED) is 0.574. The summed E-state index contributed by atoms with van der Waals surface area (Å²) >= 11 is 0. The van der Waals surface area contributed by atoms with Crippen LogP contribution in [0.3, 0.4) is 0 Å². The maximum atomic E-state index is 12.4. The summed E-state index contributed by atoms with van der Waals surface area (Å²) in [5.41, 5.74) is 0.461. The smallest absolute Gasteiger partial charge is 0.337 e. The van der Waals surface area contributed by atoms with Gasteiger partial charge >= 0.3 is 5.97 Å². The Hall–Kier alpha value is -1.91. The van der Waals surface area contributed by atoms with Gasteiger partial charge in [-0.2, -0.15) is 0 Å². The Balaban J connectivity index is 3.12. The molecule has 0 aliphatic heterocycles. The number of aliphatic hydroxyl groups excluding tert-OH is 1. The van der Waals surface area contributed by atoms with Gasteiger partial charge in [-0.1, -0.05) is 48.6 Å². The van der Waals surface area contributed by atoms with Crippen LogP contribution in [-0.4, -0.2) is 40.3 Å². The molecule has 1 aromatic carbocycles. The summed E-state index contributed by atoms with van der Waals surface area (Å²) in [6.07, 6.45) is 4.17. The molecule has 4 heteroatoms. The molecule has 1 rings (SSSR count). The van der Waals surface area contributed by atoms with Crippen LogP contribution in [0.2, 0.25) is 0 Å². The Bertz CT molecular complexity index is 575. The van der Waals surface area contributed by atoms with Gasteiger partial charge in [0, 0.05) is 12.6 Å². The Morgan fingerprint density at radius 1 is 1.32 bits per heavy atom. The fraction of sp³-hybridized carbons (Fsp3) is 0.476. The molecule has 0 bridgehead atoms. The fourth-order valence-electron chi connectivity index (χ4n) is 2.71. The molecule has 0 aliphatic carbocycles. The number of rotatable bonds is 8. The molecule has 0 aromatic heterocycles. The van der Waals surface area contributed by atoms with Gasteiger partial charge in [-0.05, 0) is 40.2 Å². The molecule has 138 valence electrons. The van der Waals surface area contributed by atoms with Gasteiger partial charge in [0.15, 0.2) is 6.10 Å². The van der Waals surface area contributed by atoms with E-state index in [-0.39, 0.29) is 6.04 Å². The molecule has 4 nitrogen and oxygen atoms in total. The van der Waals surface area contributed by atoms with Crippen LogP contribution in [0.25, 0.3) is 0 Å². The van der Waals surface area contributed by atoms with Crippen molar-refractivity contribution in [1.29, 1.82) is 0 Å². The van der Waals surface area contributed by atoms with Crippen LogP contribution in [0.15, 0.2) is 55.1 Å². The van der Waals surface area contributed by atoms with E-state index in [1.165, 1.54) is 0 Å². The highest BCUT2D eigenvalue weighted by Gasteiger charge is 2.34. The number of aliphatic hydroxyl groups is 1. The molecular formula is C21H31NO3. The molecule has 0 saturated carbocycles. The fourth-order valence-corrected chi connectivity index (χ4v) is 2.71. The maximum Gasteiger partial charge on any atom is 0.337 e. The lowest BCUT2D eigenvalue weighted by molar-refractivity contribution is -0.168. The monoisotopic (exact) mass is 345 g/mol. The van der Waals surface area contributed by atoms with Gasteiger partial charge in [0.05, 0.1) is 6.04 Å². The summed E-state index contributed by atoms with van der Waals surface area (Å²) in [6, 6.07) is 9.48. The summed E-state index contributed by atoms with van der Waals surface area (Å²) < 4.78 is 5.37. The van der Waals surface area contributed by atoms with Crippen molar-refractivity contribution in [3.05, 3.63) is 60.7 Å². The van der Waals surface area contributed by atoms with Crippen LogP contribution in [-0.2, 0) is 9.53 Å². The highest BCUT2D eigenvalue weighted by Crippen LogP contribution is 2.25. The second-order valence-electron chi connectivity index (χ2n) is 7.07. The summed E-state index contributed by atoms with van der Waals surface area (Å²) in [5, 5.41) is 10.7. The number of allylic oxidation sites excluding steroid dienone is 1. The number of ether oxygens (including phenoxy) is 1. The van der Waals surface area contributed by atoms with E-state index < -0.39 is 23.7 Å². The van der Waals surface area contributed by atoms with E-state index in [2.05, 4.69) is 13.5 Å². The molecule has 0 unspecified atom stereocenters. The largest absolute Gasteiger partial charge is 0.458 e. The van der Waals surface area contributed by atoms with Crippen molar-refractivity contribution in [2.45, 2.75) is 58.4 Å². The first-order valence-corrected chi connectivity index (χ1v) is 8.66. The van der Waals surface area contributed by atoms with Gasteiger partial charge in [-0.3, -0.25) is 4.90 Å². The van der Waals surface area contributed by atoms with Gasteiger partial charge in [0.25, 0.3) is 0 Å². The predicted octanol–water partition coefficient (Wildman–Crippen LogP) is 3.88. The van der Waals surface area contributed by atoms with E-state index in [1.807, 2.05) is 54.3 Å². The van der Waals surface area contributed by atoms with Crippen molar-refractivity contribution in [3.8, 4) is 0 Å². The van der Waals surface area contributed by atoms with Crippen LogP contribution < -0.4 is 0 Å². The lowest BCUT2D eigenvalue weighted by Crippen LogP contribution is -2.48. The van der Waals surface area contributed by atoms with E-state index in [4.69, 9.17) is 4.74 Å². The van der Waals surface area contributed by atoms with Crippen molar-refractivity contribution in [2.75, 3.05) is 6.54 Å². The van der Waals surface area contributed by atoms with Crippen molar-refractivity contribution < 1.29 is 14.6 Å². The second kappa shape index (κ2) is 9.54. The van der Waals surface area contributed by atoms with Gasteiger partial charge in [-0.15, -0.1) is 6.58 Å². The zero-order valence-electron chi connectivity index (χ0n) is 16.0. The zero-order chi connectivity index (χ0) is 19.0. The first-order valence-electron chi connectivity index (χ1n) is 8.66. The topological polar surface area (TPSA) is 49.8 Å². The van der Waals surface area contributed by atoms with Crippen LogP contribution in [0.5, 0.6) is 0 Å². The van der Waals surface area contributed by atoms with Crippen LogP contribution >= 0.6 is 0 Å². The van der Waals surface area contributed by atoms with Crippen LogP contribution in [0.1, 0.15) is 46.2 Å². The Morgan fingerprint density at radius 3 is 2.40 bits per heavy atom. The molecule has 0 heterocycles. The summed E-state index contributed by atoms with van der Waals surface area (Å²) in [5.74, 6) is -0.620. The predicted molar refractivity (Wildman–Crippen MR) is 102 cm³/mol. The minimum atomic E-state index is -1.28. The summed E-state index contributed by atoms with van der Waals surface area (Å²) in [7, 11) is 0. The molecule has 0 saturated heterocycles. The molecule has 0 aliphatic rings. The van der Waals surface area contributed by atoms with Gasteiger partial charge < -0.3 is 9.84 Å². The summed E-state index contributed by atoms with van der Waals surface area (Å²) in [6.45, 7) is 13.6. The maximum absolute atomic E-state index is 12.4. The standard InChI is InChI=1S/C21H31NO3/c1-7-12-18(19(23)20(24)25-21(4,5)6)22(15-8-2)16(3)17-13-10-9-11-14-17/h7-14,16,18-19,23H,2,15H2,1,3-6H3/b12-7+/t16-,18-,19-/m0/s1. The highest BCUT2D eigenvalue weighted by molar-refractivity contribution is 5.76. The molecule has 0 spiro atoms. The molecule has 0 amide bonds. The Morgan fingerprint density at radius 2 is 1.92 bits per heavy atom. The van der Waals surface area contributed by atoms with Crippen LogP contribution in [0.4, 0.5) is 0 Å². The van der Waals surface area contributed by atoms with Gasteiger partial charge in [0.2, 0.25) is 0 Å². The van der Waals surface area contributed by atoms with E-state index in [9.17, 15) is 9.90 Å². The van der Waals surface area contributed by atoms with Gasteiger partial charge in [-0.25, -0.2) is 4.79 Å². The average molecular weight is 345 g/mol. The number of benzene rings is 1. The van der Waals surface area contributed by atoms with E-state index >= 15 is 0 Å². The number of carbonyl (C=O) groups excluding carboxylic acids is 1. The highest BCUT2D eigenvalue weighted by atomic mass is 16.6. The van der Waals surface area contributed by atoms with E-state index in [0.717, 1.165) is 5.56 Å². The van der Waals surface area contributed by atoms with Crippen molar-refractivity contribution in [1.82, 2.24) is 4.90 Å². The average Bonchev–Trinajstić information content (AvgIpc) is 2.56. The first kappa shape index (κ1) is 21.1. The number of nitrogens with zero attached hydrogens (tertiary/aromatic N) is 1. The number of hydrogen-bond acceptors (Lipinski definition) is 4. The van der Waals surface area contributed by atoms with E-state index in [1.54, 1.807) is 26.8 Å². The minimum absolute atomic E-state index is 0.00233. The third-order valence-corrected chi connectivity index (χ3v) is 3.86. The molecule has 3 atom stereocenters. The van der Waals surface area contributed by atoms with Crippen molar-refractivity contribution in [2.24, 2.45) is 0 Å². The Labute approximate surface area is 151 Å². The van der Waals surface area contributed by atoms with Gasteiger partial charge in [0.1, 0.15) is 5.60 Å². The minimum Gasteiger partial charge on any atom is -0.458 e. The number of esters is 1. The molecule has 0 radical (unpaired) electrons. The van der Waals surface area contributed by atoms with E-state index in [0.29, 0.717) is 6.54 Å². The Kier molecular flexibility index (Phi) is 8.07. The number of hydrogen-bond donors (Lipinski definition) is 1. The molecule has 0 fully saturated rings. The molecule has 1 aromatic rings. The summed E-state index contributed by atoms with van der Waals surface area (Å²) in [4.78, 5) is 14.4. The normalized spacial score (nSPS) is 15.8. The second-order valence-corrected chi connectivity index (χ2v) is 7.07.